The van der Waals surface area contributed by atoms with E-state index in [1.165, 1.54) is 12.2 Å². The molecule has 0 aliphatic rings. The average Bonchev–Trinajstić information content (AvgIpc) is 1.87. The number of hydrogen-bond acceptors (Lipinski definition) is 2. The highest BCUT2D eigenvalue weighted by Crippen LogP contribution is 1.92. The second-order valence-electron chi connectivity index (χ2n) is 1.49. The van der Waals surface area contributed by atoms with Gasteiger partial charge >= 0.3 is 0 Å². The van der Waals surface area contributed by atoms with Crippen LogP contribution in [0.3, 0.4) is 0 Å². The van der Waals surface area contributed by atoms with Crippen LogP contribution in [0.1, 0.15) is 0 Å². The molecule has 0 aromatic carbocycles. The molecule has 2 nitrogen and oxygen atoms in total. The van der Waals surface area contributed by atoms with Crippen molar-refractivity contribution in [2.45, 2.75) is 0 Å². The Kier molecular flexibility index (Phi) is 2.92. The second kappa shape index (κ2) is 3.50. The molecule has 46 valence electrons. The molecule has 0 bridgehead atoms. The lowest BCUT2D eigenvalue weighted by Gasteiger charge is -1.86. The Balaban J connectivity index is 4.16. The summed E-state index contributed by atoms with van der Waals surface area (Å²) in [5.74, 6) is 0. The summed E-state index contributed by atoms with van der Waals surface area (Å²) in [6.07, 6.45) is 2.93. The molecule has 2 N–H and O–H groups in total. The average molecular weight is 120 g/mol. The molecule has 0 rings (SSSR count). The zero-order valence-corrected chi connectivity index (χ0v) is 5.09. The second-order valence-corrected chi connectivity index (χ2v) is 1.49. The molecule has 0 spiro atoms. The first-order valence-electron chi connectivity index (χ1n) is 2.39. The highest BCUT2D eigenvalue weighted by Gasteiger charge is 1.83. The van der Waals surface area contributed by atoms with Crippen molar-refractivity contribution >= 4 is 0 Å². The SMILES string of the molecule is C=C/C(N)=C/C(=C)C#N. The summed E-state index contributed by atoms with van der Waals surface area (Å²) in [6.45, 7) is 6.80. The van der Waals surface area contributed by atoms with Crippen LogP contribution in [0.4, 0.5) is 0 Å². The third-order valence-corrected chi connectivity index (χ3v) is 0.720. The highest BCUT2D eigenvalue weighted by atomic mass is 14.5. The molecule has 0 radical (unpaired) electrons. The van der Waals surface area contributed by atoms with Gasteiger partial charge in [-0.05, 0) is 12.2 Å². The summed E-state index contributed by atoms with van der Waals surface area (Å²) in [7, 11) is 0. The van der Waals surface area contributed by atoms with E-state index in [9.17, 15) is 0 Å². The monoisotopic (exact) mass is 120 g/mol. The highest BCUT2D eigenvalue weighted by molar-refractivity contribution is 5.34. The molecule has 0 aliphatic carbocycles. The van der Waals surface area contributed by atoms with Gasteiger partial charge in [0.15, 0.2) is 0 Å². The third-order valence-electron chi connectivity index (χ3n) is 0.720. The summed E-state index contributed by atoms with van der Waals surface area (Å²) in [6, 6.07) is 1.83. The number of nitrogens with zero attached hydrogens (tertiary/aromatic N) is 1. The van der Waals surface area contributed by atoms with Gasteiger partial charge in [-0.2, -0.15) is 5.26 Å². The van der Waals surface area contributed by atoms with Crippen molar-refractivity contribution in [2.75, 3.05) is 0 Å². The van der Waals surface area contributed by atoms with E-state index >= 15 is 0 Å². The summed E-state index contributed by atoms with van der Waals surface area (Å²) in [5.41, 5.74) is 6.08. The predicted molar refractivity (Wildman–Crippen MR) is 37.2 cm³/mol. The van der Waals surface area contributed by atoms with Crippen LogP contribution in [0, 0.1) is 11.3 Å². The summed E-state index contributed by atoms with van der Waals surface area (Å²) in [4.78, 5) is 0. The Hall–Kier alpha value is -1.49. The lowest BCUT2D eigenvalue weighted by Crippen LogP contribution is -1.91. The van der Waals surface area contributed by atoms with Gasteiger partial charge in [0.25, 0.3) is 0 Å². The first-order valence-corrected chi connectivity index (χ1v) is 2.39. The zero-order chi connectivity index (χ0) is 7.28. The fourth-order valence-corrected chi connectivity index (χ4v) is 0.292. The standard InChI is InChI=1S/C7H8N2/c1-3-7(9)4-6(2)5-8/h3-4H,1-2,9H2/b7-4-. The summed E-state index contributed by atoms with van der Waals surface area (Å²) in [5, 5.41) is 8.20. The predicted octanol–water partition coefficient (Wildman–Crippen LogP) is 1.09. The molecule has 0 aromatic rings. The van der Waals surface area contributed by atoms with Gasteiger partial charge in [0.1, 0.15) is 0 Å². The van der Waals surface area contributed by atoms with E-state index in [2.05, 4.69) is 13.2 Å². The van der Waals surface area contributed by atoms with Gasteiger partial charge in [-0.25, -0.2) is 0 Å². The molecule has 0 atom stereocenters. The van der Waals surface area contributed by atoms with E-state index in [1.54, 1.807) is 0 Å². The molecule has 0 amide bonds. The van der Waals surface area contributed by atoms with Crippen LogP contribution in [0.15, 0.2) is 36.6 Å². The van der Waals surface area contributed by atoms with Crippen molar-refractivity contribution in [1.29, 1.82) is 5.26 Å². The van der Waals surface area contributed by atoms with Crippen LogP contribution in [0.5, 0.6) is 0 Å². The minimum atomic E-state index is 0.340. The van der Waals surface area contributed by atoms with Gasteiger partial charge in [-0.15, -0.1) is 0 Å². The molecule has 2 heteroatoms. The molecule has 9 heavy (non-hydrogen) atoms. The Morgan fingerprint density at radius 1 is 1.67 bits per heavy atom. The lowest BCUT2D eigenvalue weighted by atomic mass is 10.3. The van der Waals surface area contributed by atoms with Gasteiger partial charge in [-0.1, -0.05) is 13.2 Å². The number of allylic oxidation sites excluding steroid dienone is 3. The maximum Gasteiger partial charge on any atom is 0.0986 e. The maximum atomic E-state index is 8.20. The van der Waals surface area contributed by atoms with Crippen LogP contribution >= 0.6 is 0 Å². The quantitative estimate of drug-likeness (QED) is 0.438. The third kappa shape index (κ3) is 3.12. The number of nitrogens with two attached hydrogens (primary N) is 1. The van der Waals surface area contributed by atoms with Crippen LogP contribution in [-0.4, -0.2) is 0 Å². The van der Waals surface area contributed by atoms with Gasteiger partial charge < -0.3 is 5.73 Å². The van der Waals surface area contributed by atoms with Gasteiger partial charge in [0, 0.05) is 11.3 Å². The maximum absolute atomic E-state index is 8.20. The number of hydrogen-bond donors (Lipinski definition) is 1. The number of nitriles is 1. The van der Waals surface area contributed by atoms with E-state index in [-0.39, 0.29) is 0 Å². The van der Waals surface area contributed by atoms with Crippen molar-refractivity contribution in [3.63, 3.8) is 0 Å². The Morgan fingerprint density at radius 2 is 2.22 bits per heavy atom. The van der Waals surface area contributed by atoms with Crippen LogP contribution in [-0.2, 0) is 0 Å². The van der Waals surface area contributed by atoms with Gasteiger partial charge in [0.05, 0.1) is 6.07 Å². The summed E-state index contributed by atoms with van der Waals surface area (Å²) >= 11 is 0. The van der Waals surface area contributed by atoms with Crippen molar-refractivity contribution < 1.29 is 0 Å². The van der Waals surface area contributed by atoms with Gasteiger partial charge in [0.2, 0.25) is 0 Å². The molecular formula is C7H8N2. The molecular weight excluding hydrogens is 112 g/mol. The van der Waals surface area contributed by atoms with Crippen molar-refractivity contribution in [3.05, 3.63) is 36.6 Å². The lowest BCUT2D eigenvalue weighted by molar-refractivity contribution is 1.41. The van der Waals surface area contributed by atoms with Crippen LogP contribution in [0.2, 0.25) is 0 Å². The van der Waals surface area contributed by atoms with Gasteiger partial charge in [-0.3, -0.25) is 0 Å². The van der Waals surface area contributed by atoms with E-state index in [1.807, 2.05) is 6.07 Å². The van der Waals surface area contributed by atoms with Crippen LogP contribution in [0.25, 0.3) is 0 Å². The Bertz CT molecular complexity index is 193. The van der Waals surface area contributed by atoms with Crippen molar-refractivity contribution in [1.82, 2.24) is 0 Å². The zero-order valence-electron chi connectivity index (χ0n) is 5.09. The van der Waals surface area contributed by atoms with Crippen molar-refractivity contribution in [3.8, 4) is 6.07 Å². The molecule has 0 aliphatic heterocycles. The van der Waals surface area contributed by atoms with E-state index in [4.69, 9.17) is 11.0 Å². The van der Waals surface area contributed by atoms with Crippen LogP contribution < -0.4 is 5.73 Å². The van der Waals surface area contributed by atoms with E-state index in [0.717, 1.165) is 0 Å². The molecule has 0 heterocycles. The fourth-order valence-electron chi connectivity index (χ4n) is 0.292. The minimum absolute atomic E-state index is 0.340. The Morgan fingerprint density at radius 3 is 2.56 bits per heavy atom. The van der Waals surface area contributed by atoms with E-state index in [0.29, 0.717) is 11.3 Å². The molecule has 0 saturated heterocycles. The van der Waals surface area contributed by atoms with Crippen molar-refractivity contribution in [2.24, 2.45) is 5.73 Å². The molecule has 0 aromatic heterocycles. The molecule has 0 unspecified atom stereocenters. The topological polar surface area (TPSA) is 49.8 Å². The smallest absolute Gasteiger partial charge is 0.0986 e. The Labute approximate surface area is 54.6 Å². The summed E-state index contributed by atoms with van der Waals surface area (Å²) < 4.78 is 0. The normalized spacial score (nSPS) is 9.89. The minimum Gasteiger partial charge on any atom is -0.399 e. The molecule has 0 fully saturated rings. The number of rotatable bonds is 2. The first kappa shape index (κ1) is 7.51. The fraction of sp³-hybridized carbons (Fsp3) is 0. The first-order chi connectivity index (χ1) is 4.20. The largest absolute Gasteiger partial charge is 0.399 e. The van der Waals surface area contributed by atoms with E-state index < -0.39 is 0 Å². The molecule has 0 saturated carbocycles.